The zero-order valence-corrected chi connectivity index (χ0v) is 16.2. The van der Waals surface area contributed by atoms with Crippen molar-refractivity contribution in [1.82, 2.24) is 15.3 Å². The monoisotopic (exact) mass is 356 g/mol. The van der Waals surface area contributed by atoms with Crippen molar-refractivity contribution >= 4 is 17.3 Å². The molecule has 3 rings (SSSR count). The maximum absolute atomic E-state index is 4.74. The van der Waals surface area contributed by atoms with Crippen LogP contribution in [0.2, 0.25) is 0 Å². The quantitative estimate of drug-likeness (QED) is 0.764. The van der Waals surface area contributed by atoms with Gasteiger partial charge in [0.05, 0.1) is 10.6 Å². The summed E-state index contributed by atoms with van der Waals surface area (Å²) in [5.41, 5.74) is 2.12. The van der Waals surface area contributed by atoms with Gasteiger partial charge in [0, 0.05) is 34.8 Å². The molecule has 2 N–H and O–H groups in total. The Hall–Kier alpha value is -1.88. The average molecular weight is 357 g/mol. The third-order valence-electron chi connectivity index (χ3n) is 4.44. The highest BCUT2D eigenvalue weighted by Gasteiger charge is 2.29. The Morgan fingerprint density at radius 3 is 2.96 bits per heavy atom. The third-order valence-corrected chi connectivity index (χ3v) is 5.61. The topological polar surface area (TPSA) is 49.8 Å². The van der Waals surface area contributed by atoms with Gasteiger partial charge in [0.2, 0.25) is 5.95 Å². The highest BCUT2D eigenvalue weighted by atomic mass is 32.1. The van der Waals surface area contributed by atoms with E-state index >= 15 is 0 Å². The molecule has 3 heterocycles. The molecule has 0 amide bonds. The Kier molecular flexibility index (Phi) is 5.42. The van der Waals surface area contributed by atoms with Crippen LogP contribution in [0.15, 0.2) is 36.7 Å². The van der Waals surface area contributed by atoms with Crippen LogP contribution in [0, 0.1) is 0 Å². The number of hydrogen-bond donors (Lipinski definition) is 2. The van der Waals surface area contributed by atoms with Crippen molar-refractivity contribution in [2.24, 2.45) is 0 Å². The van der Waals surface area contributed by atoms with Crippen LogP contribution in [0.3, 0.4) is 0 Å². The van der Waals surface area contributed by atoms with E-state index in [2.05, 4.69) is 55.1 Å². The van der Waals surface area contributed by atoms with Crippen molar-refractivity contribution in [3.05, 3.63) is 41.5 Å². The van der Waals surface area contributed by atoms with Crippen LogP contribution in [0.5, 0.6) is 0 Å². The number of rotatable bonds is 6. The highest BCUT2D eigenvalue weighted by Crippen LogP contribution is 2.29. The molecule has 4 nitrogen and oxygen atoms in total. The van der Waals surface area contributed by atoms with Gasteiger partial charge in [0.15, 0.2) is 0 Å². The fraction of sp³-hybridized carbons (Fsp3) is 0.500. The summed E-state index contributed by atoms with van der Waals surface area (Å²) in [6.07, 6.45) is 7.39. The molecule has 1 saturated heterocycles. The van der Waals surface area contributed by atoms with Gasteiger partial charge in [0.25, 0.3) is 0 Å². The van der Waals surface area contributed by atoms with E-state index in [4.69, 9.17) is 4.98 Å². The van der Waals surface area contributed by atoms with Crippen LogP contribution < -0.4 is 10.6 Å². The number of aryl methyl sites for hydroxylation is 1. The molecule has 1 aliphatic heterocycles. The summed E-state index contributed by atoms with van der Waals surface area (Å²) in [4.78, 5) is 11.8. The molecule has 1 aliphatic rings. The molecule has 134 valence electrons. The van der Waals surface area contributed by atoms with Crippen molar-refractivity contribution in [1.29, 1.82) is 0 Å². The average Bonchev–Trinajstić information content (AvgIpc) is 3.00. The summed E-state index contributed by atoms with van der Waals surface area (Å²) < 4.78 is 0. The number of aromatic nitrogens is 2. The van der Waals surface area contributed by atoms with E-state index in [1.54, 1.807) is 0 Å². The van der Waals surface area contributed by atoms with Gasteiger partial charge in [-0.15, -0.1) is 11.3 Å². The van der Waals surface area contributed by atoms with Crippen LogP contribution in [0.1, 0.15) is 51.3 Å². The Labute approximate surface area is 154 Å². The maximum atomic E-state index is 4.74. The summed E-state index contributed by atoms with van der Waals surface area (Å²) in [7, 11) is 0. The zero-order valence-electron chi connectivity index (χ0n) is 15.4. The molecule has 0 aliphatic carbocycles. The smallest absolute Gasteiger partial charge is 0.223 e. The lowest BCUT2D eigenvalue weighted by molar-refractivity contribution is 0.324. The number of nitrogens with zero attached hydrogens (tertiary/aromatic N) is 2. The van der Waals surface area contributed by atoms with Gasteiger partial charge in [-0.2, -0.15) is 0 Å². The highest BCUT2D eigenvalue weighted by molar-refractivity contribution is 7.15. The standard InChI is InChI=1S/C20H28N4S/c1-5-6-7-16-8-9-18(25-16)17-10-11-21-19(23-17)22-15-12-14(2)24-20(3,4)13-15/h8-11,15,24H,2,5-7,12-13H2,1,3-4H3,(H,21,22,23). The molecule has 5 heteroatoms. The van der Waals surface area contributed by atoms with Gasteiger partial charge in [-0.05, 0) is 51.3 Å². The number of unbranched alkanes of at least 4 members (excludes halogenated alkanes) is 1. The normalized spacial score (nSPS) is 19.5. The van der Waals surface area contributed by atoms with E-state index in [0.717, 1.165) is 30.7 Å². The lowest BCUT2D eigenvalue weighted by Crippen LogP contribution is -2.48. The lowest BCUT2D eigenvalue weighted by atomic mass is 9.88. The summed E-state index contributed by atoms with van der Waals surface area (Å²) >= 11 is 1.84. The molecule has 1 atom stereocenters. The maximum Gasteiger partial charge on any atom is 0.223 e. The van der Waals surface area contributed by atoms with Crippen LogP contribution in [-0.2, 0) is 6.42 Å². The summed E-state index contributed by atoms with van der Waals surface area (Å²) in [6.45, 7) is 10.7. The molecule has 1 fully saturated rings. The molecule has 0 aromatic carbocycles. The third kappa shape index (κ3) is 4.82. The van der Waals surface area contributed by atoms with E-state index in [9.17, 15) is 0 Å². The Bertz CT molecular complexity index is 735. The van der Waals surface area contributed by atoms with E-state index in [1.807, 2.05) is 23.6 Å². The largest absolute Gasteiger partial charge is 0.384 e. The SMILES string of the molecule is C=C1CC(Nc2nccc(-c3ccc(CCCC)s3)n2)CC(C)(C)N1. The summed E-state index contributed by atoms with van der Waals surface area (Å²) in [6, 6.07) is 6.70. The Morgan fingerprint density at radius 2 is 2.20 bits per heavy atom. The van der Waals surface area contributed by atoms with Gasteiger partial charge in [-0.25, -0.2) is 9.97 Å². The van der Waals surface area contributed by atoms with Gasteiger partial charge in [-0.1, -0.05) is 19.9 Å². The van der Waals surface area contributed by atoms with Crippen LogP contribution in [0.25, 0.3) is 10.6 Å². The first-order valence-electron chi connectivity index (χ1n) is 9.10. The van der Waals surface area contributed by atoms with Crippen LogP contribution >= 0.6 is 11.3 Å². The Morgan fingerprint density at radius 1 is 1.36 bits per heavy atom. The van der Waals surface area contributed by atoms with Crippen LogP contribution in [0.4, 0.5) is 5.95 Å². The van der Waals surface area contributed by atoms with Crippen LogP contribution in [-0.4, -0.2) is 21.5 Å². The van der Waals surface area contributed by atoms with Gasteiger partial charge in [0.1, 0.15) is 0 Å². The second-order valence-corrected chi connectivity index (χ2v) is 8.67. The summed E-state index contributed by atoms with van der Waals surface area (Å²) in [5.74, 6) is 0.705. The molecular formula is C20H28N4S. The molecule has 25 heavy (non-hydrogen) atoms. The van der Waals surface area contributed by atoms with Gasteiger partial charge >= 0.3 is 0 Å². The second kappa shape index (κ2) is 7.56. The number of nitrogens with one attached hydrogen (secondary N) is 2. The molecule has 0 bridgehead atoms. The lowest BCUT2D eigenvalue weighted by Gasteiger charge is -2.38. The van der Waals surface area contributed by atoms with Crippen molar-refractivity contribution < 1.29 is 0 Å². The first-order chi connectivity index (χ1) is 11.9. The molecule has 0 spiro atoms. The van der Waals surface area contributed by atoms with Gasteiger partial charge < -0.3 is 10.6 Å². The van der Waals surface area contributed by atoms with E-state index < -0.39 is 0 Å². The Balaban J connectivity index is 1.71. The first-order valence-corrected chi connectivity index (χ1v) is 9.91. The number of hydrogen-bond acceptors (Lipinski definition) is 5. The summed E-state index contributed by atoms with van der Waals surface area (Å²) in [5, 5.41) is 6.95. The number of piperidine rings is 1. The van der Waals surface area contributed by atoms with Crippen molar-refractivity contribution in [2.75, 3.05) is 5.32 Å². The van der Waals surface area contributed by atoms with Crippen molar-refractivity contribution in [3.63, 3.8) is 0 Å². The number of anilines is 1. The van der Waals surface area contributed by atoms with E-state index in [1.165, 1.54) is 22.6 Å². The fourth-order valence-corrected chi connectivity index (χ4v) is 4.44. The molecule has 0 saturated carbocycles. The zero-order chi connectivity index (χ0) is 17.9. The van der Waals surface area contributed by atoms with Crippen molar-refractivity contribution in [2.45, 2.75) is 64.5 Å². The minimum absolute atomic E-state index is 0.0482. The fourth-order valence-electron chi connectivity index (χ4n) is 3.42. The predicted molar refractivity (Wildman–Crippen MR) is 107 cm³/mol. The molecule has 2 aromatic rings. The minimum atomic E-state index is 0.0482. The molecule has 0 radical (unpaired) electrons. The van der Waals surface area contributed by atoms with Crippen molar-refractivity contribution in [3.8, 4) is 10.6 Å². The minimum Gasteiger partial charge on any atom is -0.384 e. The molecule has 1 unspecified atom stereocenters. The van der Waals surface area contributed by atoms with E-state index in [0.29, 0.717) is 12.0 Å². The number of thiophene rings is 1. The predicted octanol–water partition coefficient (Wildman–Crippen LogP) is 5.00. The molecule has 2 aromatic heterocycles. The second-order valence-electron chi connectivity index (χ2n) is 7.50. The first kappa shape index (κ1) is 17.9. The van der Waals surface area contributed by atoms with Gasteiger partial charge in [-0.3, -0.25) is 0 Å². The van der Waals surface area contributed by atoms with E-state index in [-0.39, 0.29) is 5.54 Å². The molecular weight excluding hydrogens is 328 g/mol.